The fourth-order valence-electron chi connectivity index (χ4n) is 6.00. The van der Waals surface area contributed by atoms with Gasteiger partial charge in [-0.15, -0.1) is 11.6 Å². The van der Waals surface area contributed by atoms with Crippen molar-refractivity contribution < 1.29 is 18.7 Å². The molecule has 3 heterocycles. The number of halogens is 2. The maximum absolute atomic E-state index is 13.8. The third kappa shape index (κ3) is 6.60. The molecule has 0 spiro atoms. The second-order valence-electron chi connectivity index (χ2n) is 11.2. The number of hydrogen-bond donors (Lipinski definition) is 0. The number of ether oxygens (including phenoxy) is 1. The molecule has 2 amide bonds. The molecule has 2 aliphatic heterocycles. The zero-order chi connectivity index (χ0) is 29.8. The van der Waals surface area contributed by atoms with Crippen molar-refractivity contribution in [3.8, 4) is 6.07 Å². The van der Waals surface area contributed by atoms with E-state index in [1.54, 1.807) is 43.3 Å². The predicted molar refractivity (Wildman–Crippen MR) is 158 cm³/mol. The van der Waals surface area contributed by atoms with Crippen LogP contribution in [0.1, 0.15) is 43.4 Å². The van der Waals surface area contributed by atoms with Crippen LogP contribution < -0.4 is 4.90 Å². The van der Waals surface area contributed by atoms with E-state index < -0.39 is 12.2 Å². The smallest absolute Gasteiger partial charge is 0.410 e. The predicted octanol–water partition coefficient (Wildman–Crippen LogP) is 5.46. The molecular formula is C32H35ClFN5O3. The molecule has 1 aromatic carbocycles. The maximum atomic E-state index is 13.8. The molecule has 1 aromatic heterocycles. The van der Waals surface area contributed by atoms with E-state index in [0.29, 0.717) is 56.6 Å². The van der Waals surface area contributed by atoms with Gasteiger partial charge in [-0.3, -0.25) is 4.79 Å². The third-order valence-electron chi connectivity index (χ3n) is 8.55. The van der Waals surface area contributed by atoms with Crippen molar-refractivity contribution in [2.24, 2.45) is 11.8 Å². The van der Waals surface area contributed by atoms with Gasteiger partial charge in [0.25, 0.3) is 0 Å². The average Bonchev–Trinajstić information content (AvgIpc) is 3.46. The SMILES string of the molecule is CC(OC(=O)N(C)[C@@H]1CN(C(=O)C2CCN(c3ccc(C#N)cn3)CC2)C[C@H]1C1=CCC(Cl)C=C1)c1ccc(F)cc1. The summed E-state index contributed by atoms with van der Waals surface area (Å²) in [5, 5.41) is 8.96. The Bertz CT molecular complexity index is 1380. The molecule has 0 saturated carbocycles. The summed E-state index contributed by atoms with van der Waals surface area (Å²) in [6, 6.07) is 11.3. The highest BCUT2D eigenvalue weighted by Gasteiger charge is 2.43. The fourth-order valence-corrected chi connectivity index (χ4v) is 6.16. The topological polar surface area (TPSA) is 89.8 Å². The van der Waals surface area contributed by atoms with Gasteiger partial charge in [-0.1, -0.05) is 30.4 Å². The quantitative estimate of drug-likeness (QED) is 0.415. The number of aromatic nitrogens is 1. The minimum Gasteiger partial charge on any atom is -0.442 e. The normalized spacial score (nSPS) is 23.2. The van der Waals surface area contributed by atoms with Gasteiger partial charge in [-0.25, -0.2) is 14.2 Å². The van der Waals surface area contributed by atoms with E-state index in [2.05, 4.69) is 22.0 Å². The van der Waals surface area contributed by atoms with Gasteiger partial charge >= 0.3 is 6.09 Å². The van der Waals surface area contributed by atoms with Crippen LogP contribution in [-0.2, 0) is 9.53 Å². The van der Waals surface area contributed by atoms with Gasteiger partial charge in [0.05, 0.1) is 17.0 Å². The third-order valence-corrected chi connectivity index (χ3v) is 8.88. The largest absolute Gasteiger partial charge is 0.442 e. The van der Waals surface area contributed by atoms with Crippen LogP contribution in [0.4, 0.5) is 15.0 Å². The summed E-state index contributed by atoms with van der Waals surface area (Å²) >= 11 is 6.29. The lowest BCUT2D eigenvalue weighted by Crippen LogP contribution is -2.45. The van der Waals surface area contributed by atoms with E-state index in [4.69, 9.17) is 21.6 Å². The second kappa shape index (κ2) is 13.0. The Balaban J connectivity index is 1.25. The summed E-state index contributed by atoms with van der Waals surface area (Å²) in [6.45, 7) is 4.08. The molecule has 10 heteroatoms. The van der Waals surface area contributed by atoms with Gasteiger partial charge < -0.3 is 19.4 Å². The number of benzene rings is 1. The molecule has 2 unspecified atom stereocenters. The number of likely N-dealkylation sites (N-methyl/N-ethyl adjacent to an activating group) is 1. The van der Waals surface area contributed by atoms with Crippen molar-refractivity contribution in [1.29, 1.82) is 5.26 Å². The highest BCUT2D eigenvalue weighted by atomic mass is 35.5. The summed E-state index contributed by atoms with van der Waals surface area (Å²) in [4.78, 5) is 37.1. The molecule has 1 aliphatic carbocycles. The molecule has 3 aliphatic rings. The number of carbonyl (C=O) groups excluding carboxylic acids is 2. The number of hydrogen-bond acceptors (Lipinski definition) is 6. The van der Waals surface area contributed by atoms with Crippen molar-refractivity contribution in [2.45, 2.75) is 43.7 Å². The highest BCUT2D eigenvalue weighted by molar-refractivity contribution is 6.22. The fraction of sp³-hybridized carbons (Fsp3) is 0.438. The highest BCUT2D eigenvalue weighted by Crippen LogP contribution is 2.34. The number of rotatable bonds is 6. The first-order valence-corrected chi connectivity index (χ1v) is 14.8. The molecule has 42 heavy (non-hydrogen) atoms. The molecule has 5 rings (SSSR count). The summed E-state index contributed by atoms with van der Waals surface area (Å²) in [6.07, 6.45) is 8.70. The Morgan fingerprint density at radius 3 is 2.52 bits per heavy atom. The monoisotopic (exact) mass is 591 g/mol. The van der Waals surface area contributed by atoms with Crippen molar-refractivity contribution in [2.75, 3.05) is 38.1 Å². The number of amides is 2. The molecule has 0 N–H and O–H groups in total. The molecule has 4 atom stereocenters. The molecule has 0 radical (unpaired) electrons. The van der Waals surface area contributed by atoms with Crippen molar-refractivity contribution in [3.63, 3.8) is 0 Å². The summed E-state index contributed by atoms with van der Waals surface area (Å²) in [7, 11) is 1.71. The van der Waals surface area contributed by atoms with Crippen LogP contribution in [0.3, 0.4) is 0 Å². The van der Waals surface area contributed by atoms with Crippen LogP contribution in [0.2, 0.25) is 0 Å². The molecular weight excluding hydrogens is 557 g/mol. The van der Waals surface area contributed by atoms with Crippen molar-refractivity contribution in [3.05, 3.63) is 83.3 Å². The zero-order valence-corrected chi connectivity index (χ0v) is 24.6. The minimum atomic E-state index is -0.556. The standard InChI is InChI=1S/C32H35ClFN5O3/c1-21(23-6-10-27(34)11-7-23)42-32(41)37(2)29-20-39(19-28(29)24-4-8-26(33)9-5-24)31(40)25-13-15-38(16-14-25)30-12-3-22(17-35)18-36-30/h3-8,10-12,18,21,25-26,28-29H,9,13-16,19-20H2,1-2H3/t21?,26?,28-,29+/m0/s1. The van der Waals surface area contributed by atoms with Crippen LogP contribution in [0.15, 0.2) is 66.4 Å². The summed E-state index contributed by atoms with van der Waals surface area (Å²) in [5.74, 6) is 0.378. The van der Waals surface area contributed by atoms with Gasteiger partial charge in [-0.2, -0.15) is 5.26 Å². The number of anilines is 1. The van der Waals surface area contributed by atoms with Crippen LogP contribution in [-0.4, -0.2) is 71.4 Å². The van der Waals surface area contributed by atoms with Crippen LogP contribution in [0, 0.1) is 29.0 Å². The van der Waals surface area contributed by atoms with E-state index in [-0.39, 0.29) is 35.0 Å². The van der Waals surface area contributed by atoms with Gasteiger partial charge in [-0.05, 0) is 61.6 Å². The molecule has 8 nitrogen and oxygen atoms in total. The van der Waals surface area contributed by atoms with Crippen molar-refractivity contribution in [1.82, 2.24) is 14.8 Å². The number of piperidine rings is 1. The molecule has 2 saturated heterocycles. The van der Waals surface area contributed by atoms with Gasteiger partial charge in [0.1, 0.15) is 23.8 Å². The Labute approximate surface area is 251 Å². The Kier molecular flexibility index (Phi) is 9.12. The zero-order valence-electron chi connectivity index (χ0n) is 23.8. The molecule has 220 valence electrons. The number of allylic oxidation sites excluding steroid dienone is 3. The van der Waals surface area contributed by atoms with E-state index in [1.807, 2.05) is 23.1 Å². The number of pyridine rings is 1. The molecule has 2 fully saturated rings. The van der Waals surface area contributed by atoms with Gasteiger partial charge in [0.15, 0.2) is 0 Å². The number of alkyl halides is 1. The van der Waals surface area contributed by atoms with Crippen molar-refractivity contribution >= 4 is 29.4 Å². The first-order chi connectivity index (χ1) is 20.2. The van der Waals surface area contributed by atoms with E-state index >= 15 is 0 Å². The maximum Gasteiger partial charge on any atom is 0.410 e. The van der Waals surface area contributed by atoms with Gasteiger partial charge in [0, 0.05) is 51.3 Å². The minimum absolute atomic E-state index is 0.0682. The Hall–Kier alpha value is -3.90. The van der Waals surface area contributed by atoms with E-state index in [1.165, 1.54) is 12.1 Å². The number of likely N-dealkylation sites (tertiary alicyclic amines) is 1. The number of nitriles is 1. The van der Waals surface area contributed by atoms with E-state index in [0.717, 1.165) is 11.4 Å². The van der Waals surface area contributed by atoms with Crippen LogP contribution in [0.25, 0.3) is 0 Å². The first-order valence-electron chi connectivity index (χ1n) is 14.3. The summed E-state index contributed by atoms with van der Waals surface area (Å²) in [5.41, 5.74) is 2.29. The summed E-state index contributed by atoms with van der Waals surface area (Å²) < 4.78 is 19.1. The molecule has 2 aromatic rings. The first kappa shape index (κ1) is 29.6. The number of carbonyl (C=O) groups is 2. The molecule has 0 bridgehead atoms. The van der Waals surface area contributed by atoms with Crippen LogP contribution in [0.5, 0.6) is 0 Å². The lowest BCUT2D eigenvalue weighted by Gasteiger charge is -2.34. The Morgan fingerprint density at radius 1 is 1.17 bits per heavy atom. The van der Waals surface area contributed by atoms with Gasteiger partial charge in [0.2, 0.25) is 5.91 Å². The van der Waals surface area contributed by atoms with Crippen LogP contribution >= 0.6 is 11.6 Å². The Morgan fingerprint density at radius 2 is 1.90 bits per heavy atom. The lowest BCUT2D eigenvalue weighted by atomic mass is 9.89. The van der Waals surface area contributed by atoms with E-state index in [9.17, 15) is 14.0 Å². The number of nitrogens with zero attached hydrogens (tertiary/aromatic N) is 5. The second-order valence-corrected chi connectivity index (χ2v) is 11.8. The lowest BCUT2D eigenvalue weighted by molar-refractivity contribution is -0.135. The average molecular weight is 592 g/mol.